The SMILES string of the molecule is CCCOC(=O)N1C2COCC1CN(Cc1c(-c3ccc(Cl)cc3)nc3ccccn13)C2. The number of fused-ring (bicyclic) bond motifs is 3. The first kappa shape index (κ1) is 21.2. The van der Waals surface area contributed by atoms with E-state index in [1.807, 2.05) is 54.3 Å². The van der Waals surface area contributed by atoms with Crippen molar-refractivity contribution in [1.82, 2.24) is 19.2 Å². The first-order valence-electron chi connectivity index (χ1n) is 11.1. The fourth-order valence-electron chi connectivity index (χ4n) is 4.69. The van der Waals surface area contributed by atoms with Crippen LogP contribution in [0.2, 0.25) is 5.02 Å². The van der Waals surface area contributed by atoms with Crippen LogP contribution in [-0.2, 0) is 16.0 Å². The van der Waals surface area contributed by atoms with E-state index in [-0.39, 0.29) is 18.2 Å². The van der Waals surface area contributed by atoms with E-state index >= 15 is 0 Å². The summed E-state index contributed by atoms with van der Waals surface area (Å²) in [5.74, 6) is 0. The number of halogens is 1. The summed E-state index contributed by atoms with van der Waals surface area (Å²) in [5.41, 5.74) is 4.04. The Morgan fingerprint density at radius 2 is 1.91 bits per heavy atom. The predicted octanol–water partition coefficient (Wildman–Crippen LogP) is 4.09. The topological polar surface area (TPSA) is 59.3 Å². The number of carbonyl (C=O) groups excluding carboxylic acids is 1. The molecule has 2 aliphatic rings. The third-order valence-corrected chi connectivity index (χ3v) is 6.36. The van der Waals surface area contributed by atoms with E-state index in [0.717, 1.165) is 48.7 Å². The molecule has 2 unspecified atom stereocenters. The molecule has 168 valence electrons. The van der Waals surface area contributed by atoms with Gasteiger partial charge in [-0.2, -0.15) is 0 Å². The molecular formula is C24H27ClN4O3. The summed E-state index contributed by atoms with van der Waals surface area (Å²) in [4.78, 5) is 21.8. The van der Waals surface area contributed by atoms with Gasteiger partial charge in [-0.3, -0.25) is 9.80 Å². The summed E-state index contributed by atoms with van der Waals surface area (Å²) < 4.78 is 13.4. The van der Waals surface area contributed by atoms with Gasteiger partial charge in [0.25, 0.3) is 0 Å². The number of carbonyl (C=O) groups is 1. The number of amides is 1. The van der Waals surface area contributed by atoms with Crippen LogP contribution in [0.25, 0.3) is 16.9 Å². The lowest BCUT2D eigenvalue weighted by Crippen LogP contribution is -2.66. The molecule has 2 aliphatic heterocycles. The minimum absolute atomic E-state index is 0.00924. The van der Waals surface area contributed by atoms with Gasteiger partial charge in [-0.15, -0.1) is 0 Å². The summed E-state index contributed by atoms with van der Waals surface area (Å²) in [6, 6.07) is 13.8. The molecule has 0 aliphatic carbocycles. The van der Waals surface area contributed by atoms with Crippen LogP contribution < -0.4 is 0 Å². The Labute approximate surface area is 192 Å². The number of aromatic nitrogens is 2. The molecule has 5 rings (SSSR count). The highest BCUT2D eigenvalue weighted by Crippen LogP contribution is 2.29. The zero-order valence-corrected chi connectivity index (χ0v) is 18.9. The van der Waals surface area contributed by atoms with Crippen molar-refractivity contribution >= 4 is 23.3 Å². The van der Waals surface area contributed by atoms with Crippen LogP contribution in [0, 0.1) is 0 Å². The molecule has 2 bridgehead atoms. The molecule has 2 aromatic heterocycles. The zero-order valence-electron chi connectivity index (χ0n) is 18.1. The van der Waals surface area contributed by atoms with Crippen molar-refractivity contribution in [2.75, 3.05) is 32.9 Å². The summed E-state index contributed by atoms with van der Waals surface area (Å²) >= 11 is 6.11. The van der Waals surface area contributed by atoms with Gasteiger partial charge < -0.3 is 13.9 Å². The second-order valence-corrected chi connectivity index (χ2v) is 8.84. The van der Waals surface area contributed by atoms with Crippen molar-refractivity contribution in [2.45, 2.75) is 32.0 Å². The van der Waals surface area contributed by atoms with Crippen LogP contribution in [0.1, 0.15) is 19.0 Å². The molecule has 2 atom stereocenters. The second kappa shape index (κ2) is 9.10. The first-order valence-corrected chi connectivity index (χ1v) is 11.5. The molecule has 32 heavy (non-hydrogen) atoms. The quantitative estimate of drug-likeness (QED) is 0.581. The number of pyridine rings is 1. The summed E-state index contributed by atoms with van der Waals surface area (Å²) in [6.07, 6.45) is 2.65. The van der Waals surface area contributed by atoms with Gasteiger partial charge in [-0.1, -0.05) is 36.7 Å². The standard InChI is InChI=1S/C24H27ClN4O3/c1-2-11-32-24(30)29-19-12-27(13-20(29)16-31-15-19)14-21-23(17-6-8-18(25)9-7-17)26-22-5-3-4-10-28(21)22/h3-10,19-20H,2,11-16H2,1H3. The van der Waals surface area contributed by atoms with E-state index < -0.39 is 0 Å². The van der Waals surface area contributed by atoms with Crippen molar-refractivity contribution in [3.63, 3.8) is 0 Å². The van der Waals surface area contributed by atoms with Crippen LogP contribution >= 0.6 is 11.6 Å². The van der Waals surface area contributed by atoms with Gasteiger partial charge in [0.05, 0.1) is 43.3 Å². The van der Waals surface area contributed by atoms with Crippen molar-refractivity contribution in [3.8, 4) is 11.3 Å². The van der Waals surface area contributed by atoms with Crippen LogP contribution in [0.5, 0.6) is 0 Å². The Kier molecular flexibility index (Phi) is 6.04. The fraction of sp³-hybridized carbons (Fsp3) is 0.417. The third kappa shape index (κ3) is 4.08. The minimum Gasteiger partial charge on any atom is -0.449 e. The van der Waals surface area contributed by atoms with E-state index in [4.69, 9.17) is 26.1 Å². The molecule has 8 heteroatoms. The van der Waals surface area contributed by atoms with Crippen LogP contribution in [0.4, 0.5) is 4.79 Å². The van der Waals surface area contributed by atoms with Gasteiger partial charge in [0.15, 0.2) is 0 Å². The first-order chi connectivity index (χ1) is 15.6. The number of imidazole rings is 1. The zero-order chi connectivity index (χ0) is 22.1. The lowest BCUT2D eigenvalue weighted by Gasteiger charge is -2.48. The number of hydrogen-bond acceptors (Lipinski definition) is 5. The predicted molar refractivity (Wildman–Crippen MR) is 123 cm³/mol. The Morgan fingerprint density at radius 1 is 1.16 bits per heavy atom. The lowest BCUT2D eigenvalue weighted by atomic mass is 10.0. The number of rotatable bonds is 5. The number of benzene rings is 1. The second-order valence-electron chi connectivity index (χ2n) is 8.40. The number of ether oxygens (including phenoxy) is 2. The van der Waals surface area contributed by atoms with Crippen molar-refractivity contribution in [3.05, 3.63) is 59.4 Å². The average Bonchev–Trinajstić information content (AvgIpc) is 3.15. The molecule has 0 N–H and O–H groups in total. The number of hydrogen-bond donors (Lipinski definition) is 0. The van der Waals surface area contributed by atoms with Gasteiger partial charge >= 0.3 is 6.09 Å². The Morgan fingerprint density at radius 3 is 2.62 bits per heavy atom. The molecule has 2 fully saturated rings. The van der Waals surface area contributed by atoms with Crippen molar-refractivity contribution in [2.24, 2.45) is 0 Å². The summed E-state index contributed by atoms with van der Waals surface area (Å²) in [6.45, 7) is 5.72. The van der Waals surface area contributed by atoms with Gasteiger partial charge in [0.2, 0.25) is 0 Å². The largest absolute Gasteiger partial charge is 0.449 e. The molecule has 0 radical (unpaired) electrons. The maximum absolute atomic E-state index is 12.6. The Balaban J connectivity index is 1.42. The highest BCUT2D eigenvalue weighted by molar-refractivity contribution is 6.30. The number of morpholine rings is 1. The van der Waals surface area contributed by atoms with E-state index in [9.17, 15) is 4.79 Å². The molecule has 0 spiro atoms. The molecule has 4 heterocycles. The minimum atomic E-state index is -0.221. The lowest BCUT2D eigenvalue weighted by molar-refractivity contribution is -0.0894. The maximum Gasteiger partial charge on any atom is 0.410 e. The van der Waals surface area contributed by atoms with E-state index in [0.29, 0.717) is 24.8 Å². The molecule has 7 nitrogen and oxygen atoms in total. The summed E-state index contributed by atoms with van der Waals surface area (Å²) in [7, 11) is 0. The number of piperazine rings is 1. The molecular weight excluding hydrogens is 428 g/mol. The van der Waals surface area contributed by atoms with Crippen molar-refractivity contribution < 1.29 is 14.3 Å². The van der Waals surface area contributed by atoms with Gasteiger partial charge in [0.1, 0.15) is 5.65 Å². The van der Waals surface area contributed by atoms with E-state index in [2.05, 4.69) is 15.5 Å². The van der Waals surface area contributed by atoms with Crippen LogP contribution in [-0.4, -0.2) is 70.3 Å². The fourth-order valence-corrected chi connectivity index (χ4v) is 4.82. The third-order valence-electron chi connectivity index (χ3n) is 6.11. The Bertz CT molecular complexity index is 1090. The average molecular weight is 455 g/mol. The highest BCUT2D eigenvalue weighted by atomic mass is 35.5. The van der Waals surface area contributed by atoms with Crippen LogP contribution in [0.3, 0.4) is 0 Å². The van der Waals surface area contributed by atoms with Gasteiger partial charge in [-0.05, 0) is 30.7 Å². The maximum atomic E-state index is 12.6. The normalized spacial score (nSPS) is 21.1. The van der Waals surface area contributed by atoms with Crippen molar-refractivity contribution in [1.29, 1.82) is 0 Å². The van der Waals surface area contributed by atoms with E-state index in [1.54, 1.807) is 0 Å². The number of nitrogens with zero attached hydrogens (tertiary/aromatic N) is 4. The van der Waals surface area contributed by atoms with Gasteiger partial charge in [0, 0.05) is 36.4 Å². The molecule has 0 saturated carbocycles. The molecule has 1 aromatic carbocycles. The highest BCUT2D eigenvalue weighted by Gasteiger charge is 2.42. The molecule has 1 amide bonds. The summed E-state index contributed by atoms with van der Waals surface area (Å²) in [5, 5.41) is 0.706. The van der Waals surface area contributed by atoms with E-state index in [1.165, 1.54) is 0 Å². The molecule has 2 saturated heterocycles. The molecule has 3 aromatic rings. The van der Waals surface area contributed by atoms with Gasteiger partial charge in [-0.25, -0.2) is 9.78 Å². The van der Waals surface area contributed by atoms with Crippen LogP contribution in [0.15, 0.2) is 48.7 Å². The Hall–Kier alpha value is -2.61. The monoisotopic (exact) mass is 454 g/mol. The smallest absolute Gasteiger partial charge is 0.410 e.